The number of hydrogen-bond acceptors (Lipinski definition) is 4. The van der Waals surface area contributed by atoms with Gasteiger partial charge in [0.1, 0.15) is 17.2 Å². The van der Waals surface area contributed by atoms with Crippen LogP contribution in [0.1, 0.15) is 29.0 Å². The van der Waals surface area contributed by atoms with Gasteiger partial charge in [-0.1, -0.05) is 24.3 Å². The summed E-state index contributed by atoms with van der Waals surface area (Å²) in [5, 5.41) is 0.724. The van der Waals surface area contributed by atoms with Gasteiger partial charge in [-0.25, -0.2) is 14.2 Å². The molecule has 3 aromatic heterocycles. The maximum absolute atomic E-state index is 13.8. The van der Waals surface area contributed by atoms with E-state index in [1.165, 1.54) is 21.6 Å². The normalized spacial score (nSPS) is 13.9. The molecule has 0 bridgehead atoms. The average molecular weight is 575 g/mol. The van der Waals surface area contributed by atoms with E-state index < -0.39 is 0 Å². The Morgan fingerprint density at radius 3 is 2.41 bits per heavy atom. The van der Waals surface area contributed by atoms with Crippen molar-refractivity contribution in [3.8, 4) is 11.1 Å². The third kappa shape index (κ3) is 5.29. The Hall–Kier alpha value is -4.24. The smallest absolute Gasteiger partial charge is 0.328 e. The van der Waals surface area contributed by atoms with Gasteiger partial charge in [0.05, 0.1) is 22.8 Å². The van der Waals surface area contributed by atoms with Gasteiger partial charge >= 0.3 is 6.03 Å². The quantitative estimate of drug-likeness (QED) is 0.264. The Morgan fingerprint density at radius 2 is 1.71 bits per heavy atom. The SMILES string of the molecule is Cc1nc2cnccc2n1CC1CCN(C(=O)c2cn(C(=O)N(C)C)c3cc(-c4ccc(F)cc4)ccc23)CC1.Cl. The lowest BCUT2D eigenvalue weighted by atomic mass is 9.96. The molecule has 0 unspecified atom stereocenters. The van der Waals surface area contributed by atoms with E-state index in [4.69, 9.17) is 0 Å². The molecule has 41 heavy (non-hydrogen) atoms. The summed E-state index contributed by atoms with van der Waals surface area (Å²) in [4.78, 5) is 39.1. The van der Waals surface area contributed by atoms with Gasteiger partial charge in [-0.15, -0.1) is 12.4 Å². The van der Waals surface area contributed by atoms with Crippen LogP contribution in [0.2, 0.25) is 0 Å². The van der Waals surface area contributed by atoms with Crippen LogP contribution in [-0.4, -0.2) is 68.0 Å². The molecular formula is C31H32ClFN6O2. The second-order valence-corrected chi connectivity index (χ2v) is 10.7. The molecule has 0 N–H and O–H groups in total. The summed E-state index contributed by atoms with van der Waals surface area (Å²) in [7, 11) is 3.37. The number of fused-ring (bicyclic) bond motifs is 2. The van der Waals surface area contributed by atoms with Crippen molar-refractivity contribution in [3.05, 3.63) is 84.3 Å². The van der Waals surface area contributed by atoms with Gasteiger partial charge in [-0.3, -0.25) is 14.3 Å². The van der Waals surface area contributed by atoms with E-state index >= 15 is 0 Å². The minimum Gasteiger partial charge on any atom is -0.339 e. The summed E-state index contributed by atoms with van der Waals surface area (Å²) in [6.07, 6.45) is 7.02. The first-order valence-electron chi connectivity index (χ1n) is 13.5. The Labute approximate surface area is 243 Å². The molecule has 0 radical (unpaired) electrons. The first kappa shape index (κ1) is 28.3. The van der Waals surface area contributed by atoms with Crippen molar-refractivity contribution in [1.82, 2.24) is 28.9 Å². The minimum atomic E-state index is -0.307. The van der Waals surface area contributed by atoms with Crippen molar-refractivity contribution in [2.75, 3.05) is 27.2 Å². The lowest BCUT2D eigenvalue weighted by Gasteiger charge is -2.32. The number of carbonyl (C=O) groups is 2. The molecule has 5 aromatic rings. The number of aryl methyl sites for hydroxylation is 1. The topological polar surface area (TPSA) is 76.3 Å². The molecule has 1 saturated heterocycles. The Bertz CT molecular complexity index is 1740. The fourth-order valence-corrected chi connectivity index (χ4v) is 5.67. The number of benzene rings is 2. The lowest BCUT2D eigenvalue weighted by Crippen LogP contribution is -2.39. The predicted octanol–water partition coefficient (Wildman–Crippen LogP) is 6.00. The molecule has 0 saturated carbocycles. The maximum atomic E-state index is 13.8. The molecule has 8 nitrogen and oxygen atoms in total. The minimum absolute atomic E-state index is 0. The number of imidazole rings is 1. The van der Waals surface area contributed by atoms with E-state index in [0.717, 1.165) is 52.8 Å². The maximum Gasteiger partial charge on any atom is 0.328 e. The first-order valence-corrected chi connectivity index (χ1v) is 13.5. The van der Waals surface area contributed by atoms with Crippen LogP contribution < -0.4 is 0 Å². The van der Waals surface area contributed by atoms with Crippen LogP contribution in [0.5, 0.6) is 0 Å². The second-order valence-electron chi connectivity index (χ2n) is 10.7. The number of rotatable bonds is 4. The summed E-state index contributed by atoms with van der Waals surface area (Å²) >= 11 is 0. The molecule has 1 aliphatic heterocycles. The van der Waals surface area contributed by atoms with Gasteiger partial charge < -0.3 is 14.4 Å². The molecule has 1 fully saturated rings. The monoisotopic (exact) mass is 574 g/mol. The van der Waals surface area contributed by atoms with E-state index in [2.05, 4.69) is 14.5 Å². The van der Waals surface area contributed by atoms with Crippen LogP contribution in [-0.2, 0) is 6.54 Å². The Kier molecular flexibility index (Phi) is 7.82. The standard InChI is InChI=1S/C31H31FN6O2.ClH/c1-20-34-27-17-33-13-10-28(27)37(20)18-21-11-14-36(15-12-21)30(39)26-19-38(31(40)35(2)3)29-16-23(6-9-25(26)29)22-4-7-24(32)8-5-22;/h4-10,13,16-17,19,21H,11-12,14-15,18H2,1-3H3;1H. The lowest BCUT2D eigenvalue weighted by molar-refractivity contribution is 0.0685. The van der Waals surface area contributed by atoms with Crippen LogP contribution in [0.4, 0.5) is 9.18 Å². The van der Waals surface area contributed by atoms with Crippen LogP contribution in [0.15, 0.2) is 67.1 Å². The zero-order chi connectivity index (χ0) is 28.0. The van der Waals surface area contributed by atoms with Crippen LogP contribution in [0, 0.1) is 18.7 Å². The summed E-state index contributed by atoms with van der Waals surface area (Å²) in [5.41, 5.74) is 4.83. The number of aromatic nitrogens is 4. The summed E-state index contributed by atoms with van der Waals surface area (Å²) in [6, 6.07) is 13.7. The van der Waals surface area contributed by atoms with Gasteiger partial charge in [0, 0.05) is 51.5 Å². The molecule has 2 aromatic carbocycles. The largest absolute Gasteiger partial charge is 0.339 e. The average Bonchev–Trinajstić information content (AvgIpc) is 3.50. The number of likely N-dealkylation sites (tertiary alicyclic amines) is 1. The summed E-state index contributed by atoms with van der Waals surface area (Å²) < 4.78 is 17.3. The molecule has 0 aliphatic carbocycles. The van der Waals surface area contributed by atoms with E-state index in [0.29, 0.717) is 30.1 Å². The number of piperidine rings is 1. The van der Waals surface area contributed by atoms with Crippen molar-refractivity contribution < 1.29 is 14.0 Å². The van der Waals surface area contributed by atoms with Crippen molar-refractivity contribution in [2.24, 2.45) is 5.92 Å². The molecule has 0 spiro atoms. The fourth-order valence-electron chi connectivity index (χ4n) is 5.67. The number of pyridine rings is 1. The third-order valence-electron chi connectivity index (χ3n) is 7.89. The van der Waals surface area contributed by atoms with Crippen molar-refractivity contribution in [1.29, 1.82) is 0 Å². The zero-order valence-corrected chi connectivity index (χ0v) is 24.1. The fraction of sp³-hybridized carbons (Fsp3) is 0.290. The predicted molar refractivity (Wildman–Crippen MR) is 160 cm³/mol. The number of halogens is 2. The Balaban J connectivity index is 0.00000337. The molecular weight excluding hydrogens is 543 g/mol. The number of amides is 2. The van der Waals surface area contributed by atoms with E-state index in [9.17, 15) is 14.0 Å². The summed E-state index contributed by atoms with van der Waals surface area (Å²) in [6.45, 7) is 4.18. The number of nitrogens with zero attached hydrogens (tertiary/aromatic N) is 6. The van der Waals surface area contributed by atoms with Gasteiger partial charge in [0.15, 0.2) is 0 Å². The van der Waals surface area contributed by atoms with Gasteiger partial charge in [-0.2, -0.15) is 0 Å². The molecule has 1 aliphatic rings. The highest BCUT2D eigenvalue weighted by atomic mass is 35.5. The second kappa shape index (κ2) is 11.3. The molecule has 6 rings (SSSR count). The highest BCUT2D eigenvalue weighted by Crippen LogP contribution is 2.31. The highest BCUT2D eigenvalue weighted by Gasteiger charge is 2.28. The van der Waals surface area contributed by atoms with Gasteiger partial charge in [0.2, 0.25) is 0 Å². The van der Waals surface area contributed by atoms with E-state index in [1.807, 2.05) is 36.1 Å². The molecule has 2 amide bonds. The van der Waals surface area contributed by atoms with Crippen LogP contribution in [0.25, 0.3) is 33.1 Å². The van der Waals surface area contributed by atoms with E-state index in [1.54, 1.807) is 44.8 Å². The van der Waals surface area contributed by atoms with Crippen molar-refractivity contribution in [3.63, 3.8) is 0 Å². The van der Waals surface area contributed by atoms with Crippen molar-refractivity contribution in [2.45, 2.75) is 26.3 Å². The number of carbonyl (C=O) groups excluding carboxylic acids is 2. The highest BCUT2D eigenvalue weighted by molar-refractivity contribution is 6.10. The first-order chi connectivity index (χ1) is 19.3. The Morgan fingerprint density at radius 1 is 1.00 bits per heavy atom. The molecule has 0 atom stereocenters. The molecule has 10 heteroatoms. The van der Waals surface area contributed by atoms with E-state index in [-0.39, 0.29) is 30.2 Å². The molecule has 4 heterocycles. The molecule has 212 valence electrons. The zero-order valence-electron chi connectivity index (χ0n) is 23.2. The van der Waals surface area contributed by atoms with Gasteiger partial charge in [0.25, 0.3) is 5.91 Å². The van der Waals surface area contributed by atoms with Crippen LogP contribution >= 0.6 is 12.4 Å². The van der Waals surface area contributed by atoms with Crippen LogP contribution in [0.3, 0.4) is 0 Å². The summed E-state index contributed by atoms with van der Waals surface area (Å²) in [5.74, 6) is 1.03. The number of hydrogen-bond donors (Lipinski definition) is 0. The third-order valence-corrected chi connectivity index (χ3v) is 7.89. The van der Waals surface area contributed by atoms with Gasteiger partial charge in [-0.05, 0) is 61.1 Å². The van der Waals surface area contributed by atoms with Crippen molar-refractivity contribution >= 4 is 46.3 Å².